The first-order chi connectivity index (χ1) is 8.61. The summed E-state index contributed by atoms with van der Waals surface area (Å²) < 4.78 is 4.96. The second-order valence-corrected chi connectivity index (χ2v) is 4.86. The van der Waals surface area contributed by atoms with Crippen LogP contribution in [0.5, 0.6) is 11.5 Å². The Morgan fingerprint density at radius 1 is 1.39 bits per heavy atom. The monoisotopic (exact) mass is 249 g/mol. The fourth-order valence-electron chi connectivity index (χ4n) is 2.22. The number of phenols is 1. The largest absolute Gasteiger partial charge is 0.504 e. The number of carbonyl (C=O) groups excluding carboxylic acids is 1. The number of piperidine rings is 1. The van der Waals surface area contributed by atoms with Crippen molar-refractivity contribution < 1.29 is 14.6 Å². The van der Waals surface area contributed by atoms with Crippen LogP contribution in [0.4, 0.5) is 0 Å². The average Bonchev–Trinajstić information content (AvgIpc) is 2.38. The first-order valence-electron chi connectivity index (χ1n) is 6.28. The molecular weight excluding hydrogens is 230 g/mol. The molecule has 0 bridgehead atoms. The molecule has 1 aromatic carbocycles. The molecule has 18 heavy (non-hydrogen) atoms. The lowest BCUT2D eigenvalue weighted by atomic mass is 9.98. The summed E-state index contributed by atoms with van der Waals surface area (Å²) >= 11 is 0. The van der Waals surface area contributed by atoms with Crippen molar-refractivity contribution in [1.82, 2.24) is 4.90 Å². The number of phenolic OH excluding ortho intramolecular Hbond substituents is 1. The first kappa shape index (κ1) is 12.7. The van der Waals surface area contributed by atoms with Crippen molar-refractivity contribution in [3.8, 4) is 11.5 Å². The van der Waals surface area contributed by atoms with Crippen molar-refractivity contribution >= 4 is 5.91 Å². The summed E-state index contributed by atoms with van der Waals surface area (Å²) in [6.07, 6.45) is 2.10. The Labute approximate surface area is 107 Å². The molecule has 0 unspecified atom stereocenters. The van der Waals surface area contributed by atoms with Crippen LogP contribution in [0.25, 0.3) is 0 Å². The molecule has 0 aliphatic carbocycles. The summed E-state index contributed by atoms with van der Waals surface area (Å²) in [5.74, 6) is 1.07. The van der Waals surface area contributed by atoms with Gasteiger partial charge in [-0.1, -0.05) is 6.92 Å². The molecule has 1 aliphatic rings. The fraction of sp³-hybridized carbons (Fsp3) is 0.500. The van der Waals surface area contributed by atoms with Crippen LogP contribution in [0.3, 0.4) is 0 Å². The average molecular weight is 249 g/mol. The lowest BCUT2D eigenvalue weighted by molar-refractivity contribution is 0.0697. The Kier molecular flexibility index (Phi) is 3.75. The summed E-state index contributed by atoms with van der Waals surface area (Å²) in [6.45, 7) is 3.81. The predicted molar refractivity (Wildman–Crippen MR) is 69.0 cm³/mol. The molecule has 1 saturated heterocycles. The number of hydrogen-bond donors (Lipinski definition) is 1. The first-order valence-corrected chi connectivity index (χ1v) is 6.28. The zero-order valence-electron chi connectivity index (χ0n) is 10.8. The van der Waals surface area contributed by atoms with Gasteiger partial charge in [-0.25, -0.2) is 0 Å². The molecule has 1 N–H and O–H groups in total. The van der Waals surface area contributed by atoms with Crippen molar-refractivity contribution in [2.75, 3.05) is 20.2 Å². The van der Waals surface area contributed by atoms with E-state index in [4.69, 9.17) is 4.74 Å². The van der Waals surface area contributed by atoms with E-state index in [1.807, 2.05) is 4.90 Å². The molecule has 1 amide bonds. The highest BCUT2D eigenvalue weighted by atomic mass is 16.5. The maximum Gasteiger partial charge on any atom is 0.253 e. The number of amides is 1. The molecule has 0 atom stereocenters. The Morgan fingerprint density at radius 2 is 2.06 bits per heavy atom. The Bertz CT molecular complexity index is 437. The molecule has 4 heteroatoms. The molecule has 1 fully saturated rings. The molecule has 0 saturated carbocycles. The number of carbonyl (C=O) groups is 1. The highest BCUT2D eigenvalue weighted by Crippen LogP contribution is 2.27. The van der Waals surface area contributed by atoms with E-state index in [0.29, 0.717) is 17.2 Å². The van der Waals surface area contributed by atoms with Gasteiger partial charge in [0.2, 0.25) is 0 Å². The lowest BCUT2D eigenvalue weighted by Gasteiger charge is -2.30. The van der Waals surface area contributed by atoms with Crippen molar-refractivity contribution in [2.24, 2.45) is 5.92 Å². The van der Waals surface area contributed by atoms with Gasteiger partial charge in [-0.15, -0.1) is 0 Å². The maximum atomic E-state index is 12.2. The van der Waals surface area contributed by atoms with E-state index < -0.39 is 0 Å². The number of nitrogens with zero attached hydrogens (tertiary/aromatic N) is 1. The van der Waals surface area contributed by atoms with Crippen molar-refractivity contribution in [3.63, 3.8) is 0 Å². The third kappa shape index (κ3) is 2.58. The molecule has 4 nitrogen and oxygen atoms in total. The van der Waals surface area contributed by atoms with Gasteiger partial charge in [0.05, 0.1) is 7.11 Å². The summed E-state index contributed by atoms with van der Waals surface area (Å²) in [6, 6.07) is 4.78. The molecule has 1 aromatic rings. The second kappa shape index (κ2) is 5.29. The molecule has 0 radical (unpaired) electrons. The third-order valence-electron chi connectivity index (χ3n) is 3.50. The summed E-state index contributed by atoms with van der Waals surface area (Å²) in [7, 11) is 1.49. The number of hydrogen-bond acceptors (Lipinski definition) is 3. The van der Waals surface area contributed by atoms with E-state index in [0.717, 1.165) is 25.9 Å². The summed E-state index contributed by atoms with van der Waals surface area (Å²) in [4.78, 5) is 14.1. The fourth-order valence-corrected chi connectivity index (χ4v) is 2.22. The van der Waals surface area contributed by atoms with Crippen LogP contribution in [-0.4, -0.2) is 36.1 Å². The van der Waals surface area contributed by atoms with E-state index in [9.17, 15) is 9.90 Å². The van der Waals surface area contributed by atoms with E-state index >= 15 is 0 Å². The Morgan fingerprint density at radius 3 is 2.61 bits per heavy atom. The van der Waals surface area contributed by atoms with Crippen LogP contribution < -0.4 is 4.74 Å². The normalized spacial score (nSPS) is 16.7. The number of aromatic hydroxyl groups is 1. The van der Waals surface area contributed by atoms with E-state index in [1.54, 1.807) is 12.1 Å². The minimum absolute atomic E-state index is 0.00808. The van der Waals surface area contributed by atoms with Gasteiger partial charge in [-0.05, 0) is 37.0 Å². The van der Waals surface area contributed by atoms with E-state index in [2.05, 4.69) is 6.92 Å². The smallest absolute Gasteiger partial charge is 0.253 e. The van der Waals surface area contributed by atoms with Gasteiger partial charge >= 0.3 is 0 Å². The van der Waals surface area contributed by atoms with Gasteiger partial charge in [0.1, 0.15) is 0 Å². The molecule has 1 aliphatic heterocycles. The third-order valence-corrected chi connectivity index (χ3v) is 3.50. The molecule has 98 valence electrons. The van der Waals surface area contributed by atoms with Crippen LogP contribution >= 0.6 is 0 Å². The lowest BCUT2D eigenvalue weighted by Crippen LogP contribution is -2.37. The molecular formula is C14H19NO3. The van der Waals surface area contributed by atoms with E-state index in [1.165, 1.54) is 13.2 Å². The summed E-state index contributed by atoms with van der Waals surface area (Å²) in [5, 5.41) is 9.68. The standard InChI is InChI=1S/C14H19NO3/c1-10-5-7-15(8-6-10)14(17)11-3-4-13(18-2)12(16)9-11/h3-4,9-10,16H,5-8H2,1-2H3. The van der Waals surface area contributed by atoms with Gasteiger partial charge in [0, 0.05) is 18.7 Å². The maximum absolute atomic E-state index is 12.2. The quantitative estimate of drug-likeness (QED) is 0.874. The number of likely N-dealkylation sites (tertiary alicyclic amines) is 1. The van der Waals surface area contributed by atoms with E-state index in [-0.39, 0.29) is 11.7 Å². The van der Waals surface area contributed by atoms with Gasteiger partial charge in [0.25, 0.3) is 5.91 Å². The van der Waals surface area contributed by atoms with Gasteiger partial charge in [0.15, 0.2) is 11.5 Å². The van der Waals surface area contributed by atoms with Crippen molar-refractivity contribution in [2.45, 2.75) is 19.8 Å². The van der Waals surface area contributed by atoms with Crippen LogP contribution in [0, 0.1) is 5.92 Å². The van der Waals surface area contributed by atoms with Crippen LogP contribution in [0.15, 0.2) is 18.2 Å². The van der Waals surface area contributed by atoms with Crippen LogP contribution in [-0.2, 0) is 0 Å². The molecule has 1 heterocycles. The summed E-state index contributed by atoms with van der Waals surface area (Å²) in [5.41, 5.74) is 0.517. The van der Waals surface area contributed by atoms with Crippen molar-refractivity contribution in [1.29, 1.82) is 0 Å². The van der Waals surface area contributed by atoms with Gasteiger partial charge in [-0.3, -0.25) is 4.79 Å². The number of benzene rings is 1. The Balaban J connectivity index is 2.11. The van der Waals surface area contributed by atoms with Crippen LogP contribution in [0.2, 0.25) is 0 Å². The number of rotatable bonds is 2. The van der Waals surface area contributed by atoms with Crippen LogP contribution in [0.1, 0.15) is 30.1 Å². The highest BCUT2D eigenvalue weighted by Gasteiger charge is 2.22. The second-order valence-electron chi connectivity index (χ2n) is 4.86. The molecule has 0 aromatic heterocycles. The topological polar surface area (TPSA) is 49.8 Å². The minimum Gasteiger partial charge on any atom is -0.504 e. The van der Waals surface area contributed by atoms with Crippen molar-refractivity contribution in [3.05, 3.63) is 23.8 Å². The number of methoxy groups -OCH3 is 1. The zero-order valence-corrected chi connectivity index (χ0v) is 10.8. The Hall–Kier alpha value is -1.71. The van der Waals surface area contributed by atoms with Gasteiger partial charge in [-0.2, -0.15) is 0 Å². The molecule has 0 spiro atoms. The predicted octanol–water partition coefficient (Wildman–Crippen LogP) is 2.27. The molecule has 2 rings (SSSR count). The SMILES string of the molecule is COc1ccc(C(=O)N2CCC(C)CC2)cc1O. The zero-order chi connectivity index (χ0) is 13.1. The number of ether oxygens (including phenoxy) is 1. The van der Waals surface area contributed by atoms with Gasteiger partial charge < -0.3 is 14.7 Å². The minimum atomic E-state index is -0.0140. The highest BCUT2D eigenvalue weighted by molar-refractivity contribution is 5.95.